The van der Waals surface area contributed by atoms with Gasteiger partial charge in [-0.1, -0.05) is 23.7 Å². The summed E-state index contributed by atoms with van der Waals surface area (Å²) in [5, 5.41) is 2.94. The number of nitrogens with zero attached hydrogens (tertiary/aromatic N) is 1. The Bertz CT molecular complexity index is 1090. The Hall–Kier alpha value is -2.13. The summed E-state index contributed by atoms with van der Waals surface area (Å²) in [5.41, 5.74) is 1.33. The molecule has 1 aromatic carbocycles. The van der Waals surface area contributed by atoms with Crippen molar-refractivity contribution >= 4 is 38.9 Å². The number of benzene rings is 1. The van der Waals surface area contributed by atoms with Crippen LogP contribution in [-0.2, 0) is 23.1 Å². The quantitative estimate of drug-likeness (QED) is 0.555. The number of amides is 1. The van der Waals surface area contributed by atoms with E-state index in [0.29, 0.717) is 15.7 Å². The van der Waals surface area contributed by atoms with Crippen LogP contribution in [0.3, 0.4) is 0 Å². The van der Waals surface area contributed by atoms with Crippen molar-refractivity contribution in [3.8, 4) is 0 Å². The van der Waals surface area contributed by atoms with Crippen molar-refractivity contribution < 1.29 is 17.6 Å². The van der Waals surface area contributed by atoms with Crippen molar-refractivity contribution in [1.82, 2.24) is 9.62 Å². The van der Waals surface area contributed by atoms with E-state index in [0.717, 1.165) is 29.7 Å². The SMILES string of the molecule is O=C(NC1CC1)c1ccc(CN(Cc2ccco2)S(=O)(=O)c2ccc(Cl)s2)cc1. The summed E-state index contributed by atoms with van der Waals surface area (Å²) in [4.78, 5) is 12.1. The minimum Gasteiger partial charge on any atom is -0.468 e. The number of rotatable bonds is 8. The lowest BCUT2D eigenvalue weighted by Gasteiger charge is -2.20. The van der Waals surface area contributed by atoms with Gasteiger partial charge in [0.2, 0.25) is 0 Å². The van der Waals surface area contributed by atoms with Crippen LogP contribution < -0.4 is 5.32 Å². The van der Waals surface area contributed by atoms with Crippen molar-refractivity contribution in [2.24, 2.45) is 0 Å². The molecule has 152 valence electrons. The third-order valence-corrected chi connectivity index (χ3v) is 8.03. The summed E-state index contributed by atoms with van der Waals surface area (Å²) < 4.78 is 33.6. The Kier molecular flexibility index (Phi) is 5.78. The zero-order chi connectivity index (χ0) is 20.4. The fourth-order valence-corrected chi connectivity index (χ4v) is 5.86. The molecule has 0 spiro atoms. The van der Waals surface area contributed by atoms with Crippen LogP contribution in [-0.4, -0.2) is 24.7 Å². The van der Waals surface area contributed by atoms with Gasteiger partial charge in [-0.25, -0.2) is 8.42 Å². The minimum atomic E-state index is -3.76. The van der Waals surface area contributed by atoms with Gasteiger partial charge >= 0.3 is 0 Å². The molecule has 1 aliphatic rings. The maximum atomic E-state index is 13.2. The second kappa shape index (κ2) is 8.31. The smallest absolute Gasteiger partial charge is 0.253 e. The van der Waals surface area contributed by atoms with Gasteiger partial charge in [0.25, 0.3) is 15.9 Å². The third-order valence-electron chi connectivity index (χ3n) is 4.54. The summed E-state index contributed by atoms with van der Waals surface area (Å²) in [5.74, 6) is 0.434. The standard InChI is InChI=1S/C20H19ClN2O4S2/c21-18-9-10-19(28-18)29(25,26)23(13-17-2-1-11-27-17)12-14-3-5-15(6-4-14)20(24)22-16-7-8-16/h1-6,9-11,16H,7-8,12-13H2,(H,22,24). The van der Waals surface area contributed by atoms with Gasteiger partial charge in [0, 0.05) is 18.2 Å². The summed E-state index contributed by atoms with van der Waals surface area (Å²) in [6.07, 6.45) is 3.56. The molecule has 3 aromatic rings. The normalized spacial score (nSPS) is 14.3. The number of hydrogen-bond donors (Lipinski definition) is 1. The first-order valence-electron chi connectivity index (χ1n) is 9.09. The van der Waals surface area contributed by atoms with Crippen molar-refractivity contribution in [3.63, 3.8) is 0 Å². The number of hydrogen-bond acceptors (Lipinski definition) is 5. The Morgan fingerprint density at radius 2 is 1.90 bits per heavy atom. The topological polar surface area (TPSA) is 79.6 Å². The summed E-state index contributed by atoms with van der Waals surface area (Å²) in [6, 6.07) is 13.8. The summed E-state index contributed by atoms with van der Waals surface area (Å²) in [6.45, 7) is 0.234. The van der Waals surface area contributed by atoms with E-state index in [-0.39, 0.29) is 29.2 Å². The monoisotopic (exact) mass is 450 g/mol. The first-order valence-corrected chi connectivity index (χ1v) is 11.7. The lowest BCUT2D eigenvalue weighted by Crippen LogP contribution is -2.29. The number of thiophene rings is 1. The highest BCUT2D eigenvalue weighted by Gasteiger charge is 2.28. The van der Waals surface area contributed by atoms with E-state index in [1.54, 1.807) is 42.5 Å². The molecule has 6 nitrogen and oxygen atoms in total. The average molecular weight is 451 g/mol. The molecule has 1 fully saturated rings. The van der Waals surface area contributed by atoms with Crippen molar-refractivity contribution in [3.05, 3.63) is 76.0 Å². The van der Waals surface area contributed by atoms with Crippen molar-refractivity contribution in [1.29, 1.82) is 0 Å². The van der Waals surface area contributed by atoms with Gasteiger partial charge in [-0.05, 0) is 54.8 Å². The number of halogens is 1. The van der Waals surface area contributed by atoms with Crippen LogP contribution in [0.4, 0.5) is 0 Å². The van der Waals surface area contributed by atoms with Gasteiger partial charge in [0.05, 0.1) is 17.1 Å². The number of carbonyl (C=O) groups excluding carboxylic acids is 1. The van der Waals surface area contributed by atoms with E-state index < -0.39 is 10.0 Å². The van der Waals surface area contributed by atoms with E-state index in [2.05, 4.69) is 5.32 Å². The Morgan fingerprint density at radius 3 is 2.48 bits per heavy atom. The van der Waals surface area contributed by atoms with Gasteiger partial charge in [0.15, 0.2) is 0 Å². The minimum absolute atomic E-state index is 0.0920. The third kappa shape index (κ3) is 4.90. The summed E-state index contributed by atoms with van der Waals surface area (Å²) >= 11 is 6.96. The van der Waals surface area contributed by atoms with Gasteiger partial charge < -0.3 is 9.73 Å². The molecule has 1 saturated carbocycles. The Morgan fingerprint density at radius 1 is 1.14 bits per heavy atom. The van der Waals surface area contributed by atoms with Gasteiger partial charge in [-0.2, -0.15) is 4.31 Å². The molecule has 0 aliphatic heterocycles. The van der Waals surface area contributed by atoms with Crippen molar-refractivity contribution in [2.45, 2.75) is 36.2 Å². The van der Waals surface area contributed by atoms with Crippen LogP contribution in [0.25, 0.3) is 0 Å². The Balaban J connectivity index is 1.55. The first kappa shape index (κ1) is 20.2. The highest BCUT2D eigenvalue weighted by molar-refractivity contribution is 7.91. The highest BCUT2D eigenvalue weighted by Crippen LogP contribution is 2.30. The molecule has 29 heavy (non-hydrogen) atoms. The molecule has 1 amide bonds. The second-order valence-electron chi connectivity index (χ2n) is 6.86. The molecule has 1 N–H and O–H groups in total. The molecule has 0 unspecified atom stereocenters. The van der Waals surface area contributed by atoms with Gasteiger partial charge in [0.1, 0.15) is 9.97 Å². The van der Waals surface area contributed by atoms with Gasteiger partial charge in [-0.3, -0.25) is 4.79 Å². The first-order chi connectivity index (χ1) is 13.9. The van der Waals surface area contributed by atoms with Crippen LogP contribution >= 0.6 is 22.9 Å². The molecule has 4 rings (SSSR count). The zero-order valence-electron chi connectivity index (χ0n) is 15.4. The zero-order valence-corrected chi connectivity index (χ0v) is 17.8. The predicted molar refractivity (Wildman–Crippen MR) is 111 cm³/mol. The predicted octanol–water partition coefficient (Wildman–Crippen LogP) is 4.28. The molecular formula is C20H19ClN2O4S2. The van der Waals surface area contributed by atoms with Crippen LogP contribution in [0.5, 0.6) is 0 Å². The largest absolute Gasteiger partial charge is 0.468 e. The second-order valence-corrected chi connectivity index (χ2v) is 10.7. The molecule has 1 aliphatic carbocycles. The van der Waals surface area contributed by atoms with Gasteiger partial charge in [-0.15, -0.1) is 11.3 Å². The Labute approximate surface area is 178 Å². The highest BCUT2D eigenvalue weighted by atomic mass is 35.5. The molecule has 0 radical (unpaired) electrons. The van der Waals surface area contributed by atoms with Crippen LogP contribution in [0.15, 0.2) is 63.4 Å². The fraction of sp³-hybridized carbons (Fsp3) is 0.250. The molecule has 2 heterocycles. The van der Waals surface area contributed by atoms with E-state index in [9.17, 15) is 13.2 Å². The summed E-state index contributed by atoms with van der Waals surface area (Å²) in [7, 11) is -3.76. The lowest BCUT2D eigenvalue weighted by atomic mass is 10.1. The molecule has 0 saturated heterocycles. The number of carbonyl (C=O) groups is 1. The number of nitrogens with one attached hydrogen (secondary N) is 1. The van der Waals surface area contributed by atoms with E-state index in [1.165, 1.54) is 16.6 Å². The van der Waals surface area contributed by atoms with E-state index in [1.807, 2.05) is 0 Å². The van der Waals surface area contributed by atoms with Crippen LogP contribution in [0.1, 0.15) is 34.5 Å². The van der Waals surface area contributed by atoms with Crippen molar-refractivity contribution in [2.75, 3.05) is 0 Å². The molecule has 9 heteroatoms. The molecule has 0 bridgehead atoms. The molecule has 0 atom stereocenters. The fourth-order valence-electron chi connectivity index (χ4n) is 2.83. The van der Waals surface area contributed by atoms with E-state index in [4.69, 9.17) is 16.0 Å². The van der Waals surface area contributed by atoms with Crippen LogP contribution in [0.2, 0.25) is 4.34 Å². The maximum absolute atomic E-state index is 13.2. The lowest BCUT2D eigenvalue weighted by molar-refractivity contribution is 0.0951. The van der Waals surface area contributed by atoms with Crippen LogP contribution in [0, 0.1) is 0 Å². The number of sulfonamides is 1. The number of furan rings is 1. The average Bonchev–Trinajstić information content (AvgIpc) is 3.16. The molecule has 2 aromatic heterocycles. The van der Waals surface area contributed by atoms with E-state index >= 15 is 0 Å². The molecular weight excluding hydrogens is 432 g/mol. The maximum Gasteiger partial charge on any atom is 0.253 e.